The van der Waals surface area contributed by atoms with E-state index in [-0.39, 0.29) is 22.9 Å². The summed E-state index contributed by atoms with van der Waals surface area (Å²) >= 11 is 0. The van der Waals surface area contributed by atoms with E-state index in [9.17, 15) is 9.59 Å². The van der Waals surface area contributed by atoms with Gasteiger partial charge in [-0.05, 0) is 62.9 Å². The van der Waals surface area contributed by atoms with Gasteiger partial charge in [0.2, 0.25) is 0 Å². The number of anilines is 1. The van der Waals surface area contributed by atoms with Crippen LogP contribution in [0.3, 0.4) is 0 Å². The number of hydrogen-bond donors (Lipinski definition) is 3. The second kappa shape index (κ2) is 11.3. The van der Waals surface area contributed by atoms with Crippen LogP contribution >= 0.6 is 0 Å². The summed E-state index contributed by atoms with van der Waals surface area (Å²) in [7, 11) is 5.75. The second-order valence-corrected chi connectivity index (χ2v) is 10.8. The summed E-state index contributed by atoms with van der Waals surface area (Å²) in [6.07, 6.45) is 4.01. The molecule has 0 saturated heterocycles. The third-order valence-electron chi connectivity index (χ3n) is 7.43. The highest BCUT2D eigenvalue weighted by atomic mass is 16.5. The standard InChI is InChI=1S/C29H38N6O3/c1-29(18-34(2)3)15-13-21(14-16-29)35-26(30)24(27(31)36)25(33-35)20-11-9-19(10-12-20)17-32-28(37)22-7-5-6-8-23(22)38-4/h5-12,21H,13-18,30H2,1-4H3,(H2,31,36)(H,32,37). The van der Waals surface area contributed by atoms with Crippen LogP contribution in [0.5, 0.6) is 5.75 Å². The fraction of sp³-hybridized carbons (Fsp3) is 0.414. The van der Waals surface area contributed by atoms with Crippen molar-refractivity contribution < 1.29 is 14.3 Å². The lowest BCUT2D eigenvalue weighted by Crippen LogP contribution is -2.35. The molecule has 202 valence electrons. The van der Waals surface area contributed by atoms with Gasteiger partial charge in [-0.1, -0.05) is 43.3 Å². The Morgan fingerprint density at radius 2 is 1.79 bits per heavy atom. The highest BCUT2D eigenvalue weighted by Crippen LogP contribution is 2.42. The number of carbonyl (C=O) groups is 2. The minimum Gasteiger partial charge on any atom is -0.496 e. The molecule has 1 heterocycles. The number of aromatic nitrogens is 2. The minimum atomic E-state index is -0.592. The Hall–Kier alpha value is -3.85. The monoisotopic (exact) mass is 518 g/mol. The summed E-state index contributed by atoms with van der Waals surface area (Å²) in [5.74, 6) is 0.0306. The molecule has 0 aliphatic heterocycles. The Kier molecular flexibility index (Phi) is 8.06. The van der Waals surface area contributed by atoms with E-state index in [1.807, 2.05) is 30.3 Å². The zero-order chi connectivity index (χ0) is 27.4. The largest absolute Gasteiger partial charge is 0.496 e. The first kappa shape index (κ1) is 27.2. The predicted molar refractivity (Wildman–Crippen MR) is 149 cm³/mol. The summed E-state index contributed by atoms with van der Waals surface area (Å²) in [5, 5.41) is 7.71. The van der Waals surface area contributed by atoms with Gasteiger partial charge in [0.25, 0.3) is 11.8 Å². The van der Waals surface area contributed by atoms with Crippen molar-refractivity contribution in [1.29, 1.82) is 0 Å². The molecule has 38 heavy (non-hydrogen) atoms. The number of methoxy groups -OCH3 is 1. The Morgan fingerprint density at radius 1 is 1.13 bits per heavy atom. The first-order valence-corrected chi connectivity index (χ1v) is 12.9. The van der Waals surface area contributed by atoms with Gasteiger partial charge in [0.1, 0.15) is 22.8 Å². The van der Waals surface area contributed by atoms with Gasteiger partial charge in [0, 0.05) is 18.7 Å². The van der Waals surface area contributed by atoms with Crippen LogP contribution in [0, 0.1) is 5.41 Å². The molecule has 1 aromatic heterocycles. The van der Waals surface area contributed by atoms with Gasteiger partial charge in [-0.2, -0.15) is 5.10 Å². The van der Waals surface area contributed by atoms with E-state index < -0.39 is 5.91 Å². The fourth-order valence-electron chi connectivity index (χ4n) is 5.53. The van der Waals surface area contributed by atoms with Gasteiger partial charge in [0.05, 0.1) is 18.7 Å². The van der Waals surface area contributed by atoms with Crippen molar-refractivity contribution in [1.82, 2.24) is 20.0 Å². The van der Waals surface area contributed by atoms with Gasteiger partial charge in [-0.15, -0.1) is 0 Å². The molecule has 5 N–H and O–H groups in total. The second-order valence-electron chi connectivity index (χ2n) is 10.8. The van der Waals surface area contributed by atoms with E-state index in [1.54, 1.807) is 22.9 Å². The lowest BCUT2D eigenvalue weighted by Gasteiger charge is -2.39. The third-order valence-corrected chi connectivity index (χ3v) is 7.43. The van der Waals surface area contributed by atoms with E-state index in [0.29, 0.717) is 29.4 Å². The van der Waals surface area contributed by atoms with Gasteiger partial charge < -0.3 is 26.4 Å². The highest BCUT2D eigenvalue weighted by molar-refractivity contribution is 6.03. The van der Waals surface area contributed by atoms with Crippen LogP contribution in [-0.2, 0) is 6.54 Å². The fourth-order valence-corrected chi connectivity index (χ4v) is 5.53. The molecule has 9 heteroatoms. The molecule has 0 spiro atoms. The van der Waals surface area contributed by atoms with Crippen molar-refractivity contribution >= 4 is 17.6 Å². The van der Waals surface area contributed by atoms with Gasteiger partial charge in [0.15, 0.2) is 0 Å². The van der Waals surface area contributed by atoms with E-state index in [0.717, 1.165) is 43.4 Å². The number of nitrogen functional groups attached to an aromatic ring is 1. The maximum absolute atomic E-state index is 12.6. The summed E-state index contributed by atoms with van der Waals surface area (Å²) in [6, 6.07) is 14.7. The van der Waals surface area contributed by atoms with Gasteiger partial charge >= 0.3 is 0 Å². The summed E-state index contributed by atoms with van der Waals surface area (Å²) < 4.78 is 7.07. The first-order chi connectivity index (χ1) is 18.1. The van der Waals surface area contributed by atoms with E-state index >= 15 is 0 Å². The number of rotatable bonds is 9. The van der Waals surface area contributed by atoms with Crippen molar-refractivity contribution in [3.8, 4) is 17.0 Å². The number of nitrogens with two attached hydrogens (primary N) is 2. The molecule has 1 fully saturated rings. The molecule has 0 atom stereocenters. The zero-order valence-electron chi connectivity index (χ0n) is 22.7. The zero-order valence-corrected chi connectivity index (χ0v) is 22.7. The lowest BCUT2D eigenvalue weighted by molar-refractivity contribution is 0.0946. The summed E-state index contributed by atoms with van der Waals surface area (Å²) in [5.41, 5.74) is 15.3. The number of nitrogens with one attached hydrogen (secondary N) is 1. The normalized spacial score (nSPS) is 19.3. The van der Waals surface area contributed by atoms with Crippen LogP contribution < -0.4 is 21.5 Å². The Bertz CT molecular complexity index is 1290. The van der Waals surface area contributed by atoms with Crippen LogP contribution in [0.25, 0.3) is 11.3 Å². The number of benzene rings is 2. The molecule has 0 unspecified atom stereocenters. The molecule has 3 aromatic rings. The van der Waals surface area contributed by atoms with Gasteiger partial charge in [-0.3, -0.25) is 9.59 Å². The average Bonchev–Trinajstić information content (AvgIpc) is 3.24. The van der Waals surface area contributed by atoms with Crippen LogP contribution in [0.2, 0.25) is 0 Å². The van der Waals surface area contributed by atoms with E-state index in [4.69, 9.17) is 21.3 Å². The Labute approximate surface area is 224 Å². The Morgan fingerprint density at radius 3 is 2.39 bits per heavy atom. The molecule has 1 aliphatic rings. The number of para-hydroxylation sites is 1. The number of ether oxygens (including phenoxy) is 1. The molecule has 1 aliphatic carbocycles. The average molecular weight is 519 g/mol. The number of hydrogen-bond acceptors (Lipinski definition) is 6. The summed E-state index contributed by atoms with van der Waals surface area (Å²) in [6.45, 7) is 3.71. The van der Waals surface area contributed by atoms with Crippen molar-refractivity contribution in [2.24, 2.45) is 11.1 Å². The molecular formula is C29H38N6O3. The molecule has 2 aromatic carbocycles. The van der Waals surface area contributed by atoms with Crippen molar-refractivity contribution in [3.63, 3.8) is 0 Å². The van der Waals surface area contributed by atoms with Crippen LogP contribution in [0.4, 0.5) is 5.82 Å². The molecule has 9 nitrogen and oxygen atoms in total. The van der Waals surface area contributed by atoms with Crippen molar-refractivity contribution in [2.45, 2.75) is 45.2 Å². The number of nitrogens with zero attached hydrogens (tertiary/aromatic N) is 3. The van der Waals surface area contributed by atoms with E-state index in [2.05, 4.69) is 31.2 Å². The quantitative estimate of drug-likeness (QED) is 0.395. The molecule has 2 amide bonds. The summed E-state index contributed by atoms with van der Waals surface area (Å²) in [4.78, 5) is 27.2. The highest BCUT2D eigenvalue weighted by Gasteiger charge is 2.34. The van der Waals surface area contributed by atoms with Crippen LogP contribution in [0.15, 0.2) is 48.5 Å². The van der Waals surface area contributed by atoms with Crippen molar-refractivity contribution in [2.75, 3.05) is 33.5 Å². The molecule has 4 rings (SSSR count). The van der Waals surface area contributed by atoms with Crippen molar-refractivity contribution in [3.05, 3.63) is 65.2 Å². The maximum Gasteiger partial charge on any atom is 0.255 e. The smallest absolute Gasteiger partial charge is 0.255 e. The van der Waals surface area contributed by atoms with Gasteiger partial charge in [-0.25, -0.2) is 4.68 Å². The number of amides is 2. The number of carbonyl (C=O) groups excluding carboxylic acids is 2. The Balaban J connectivity index is 1.49. The molecular weight excluding hydrogens is 480 g/mol. The SMILES string of the molecule is COc1ccccc1C(=O)NCc1ccc(-c2nn(C3CCC(C)(CN(C)C)CC3)c(N)c2C(N)=O)cc1. The molecule has 0 bridgehead atoms. The lowest BCUT2D eigenvalue weighted by atomic mass is 9.73. The van der Waals surface area contributed by atoms with Crippen LogP contribution in [0.1, 0.15) is 64.9 Å². The minimum absolute atomic E-state index is 0.126. The first-order valence-electron chi connectivity index (χ1n) is 12.9. The third kappa shape index (κ3) is 5.83. The maximum atomic E-state index is 12.6. The topological polar surface area (TPSA) is 128 Å². The molecule has 0 radical (unpaired) electrons. The predicted octanol–water partition coefficient (Wildman–Crippen LogP) is 3.85. The van der Waals surface area contributed by atoms with Crippen LogP contribution in [-0.4, -0.2) is 54.2 Å². The molecule has 1 saturated carbocycles. The van der Waals surface area contributed by atoms with E-state index in [1.165, 1.54) is 7.11 Å². The number of primary amides is 1.